The number of amides is 2. The fraction of sp³-hybridized carbons (Fsp3) is 0.333. The lowest BCUT2D eigenvalue weighted by molar-refractivity contribution is -0.384. The fourth-order valence-electron chi connectivity index (χ4n) is 4.43. The summed E-state index contributed by atoms with van der Waals surface area (Å²) >= 11 is 0. The van der Waals surface area contributed by atoms with Crippen molar-refractivity contribution in [1.82, 2.24) is 9.80 Å². The second-order valence-electron chi connectivity index (χ2n) is 8.17. The minimum atomic E-state index is -0.509. The van der Waals surface area contributed by atoms with E-state index >= 15 is 0 Å². The maximum absolute atomic E-state index is 13.6. The van der Waals surface area contributed by atoms with Gasteiger partial charge in [-0.3, -0.25) is 24.6 Å². The number of non-ortho nitro benzene ring substituents is 1. The highest BCUT2D eigenvalue weighted by molar-refractivity contribution is 6.35. The Balaban J connectivity index is 1.75. The van der Waals surface area contributed by atoms with Gasteiger partial charge in [-0.15, -0.1) is 0 Å². The molecule has 2 amide bonds. The van der Waals surface area contributed by atoms with E-state index in [1.165, 1.54) is 36.3 Å². The predicted molar refractivity (Wildman–Crippen MR) is 120 cm³/mol. The zero-order chi connectivity index (χ0) is 23.5. The molecule has 2 aromatic carbocycles. The van der Waals surface area contributed by atoms with Gasteiger partial charge in [0.2, 0.25) is 0 Å². The number of likely N-dealkylation sites (tertiary alicyclic amines) is 1. The minimum Gasteiger partial charge on any atom is -0.496 e. The molecule has 33 heavy (non-hydrogen) atoms. The lowest BCUT2D eigenvalue weighted by Gasteiger charge is -2.34. The van der Waals surface area contributed by atoms with Crippen LogP contribution < -0.4 is 4.74 Å². The average Bonchev–Trinajstić information content (AvgIpc) is 3.09. The van der Waals surface area contributed by atoms with E-state index in [9.17, 15) is 24.8 Å². The summed E-state index contributed by atoms with van der Waals surface area (Å²) in [6.45, 7) is 1.09. The molecule has 172 valence electrons. The summed E-state index contributed by atoms with van der Waals surface area (Å²) in [5.41, 5.74) is 1.55. The molecule has 1 atom stereocenters. The lowest BCUT2D eigenvalue weighted by Crippen LogP contribution is -2.40. The highest BCUT2D eigenvalue weighted by atomic mass is 16.6. The molecule has 0 radical (unpaired) electrons. The summed E-state index contributed by atoms with van der Waals surface area (Å²) < 4.78 is 5.38. The molecule has 2 aromatic rings. The van der Waals surface area contributed by atoms with Gasteiger partial charge in [0.15, 0.2) is 0 Å². The van der Waals surface area contributed by atoms with E-state index in [2.05, 4.69) is 0 Å². The summed E-state index contributed by atoms with van der Waals surface area (Å²) in [4.78, 5) is 40.7. The Morgan fingerprint density at radius 3 is 2.52 bits per heavy atom. The SMILES string of the molecule is COc1ccccc1CN1C(=O)C(c2ccc([N+](=O)[O-])cc2)=C(N2CCCC(CO)C2)C1=O. The van der Waals surface area contributed by atoms with Crippen LogP contribution >= 0.6 is 0 Å². The summed E-state index contributed by atoms with van der Waals surface area (Å²) in [6.07, 6.45) is 1.64. The van der Waals surface area contributed by atoms with Crippen molar-refractivity contribution in [3.8, 4) is 5.75 Å². The van der Waals surface area contributed by atoms with Gasteiger partial charge < -0.3 is 14.7 Å². The number of imide groups is 1. The number of para-hydroxylation sites is 1. The molecule has 0 saturated carbocycles. The minimum absolute atomic E-state index is 0.00368. The van der Waals surface area contributed by atoms with Crippen molar-refractivity contribution >= 4 is 23.1 Å². The fourth-order valence-corrected chi connectivity index (χ4v) is 4.43. The van der Waals surface area contributed by atoms with Crippen LogP contribution in [0.1, 0.15) is 24.0 Å². The maximum Gasteiger partial charge on any atom is 0.278 e. The van der Waals surface area contributed by atoms with Crippen LogP contribution in [0.25, 0.3) is 5.57 Å². The molecule has 0 aromatic heterocycles. The number of aliphatic hydroxyl groups excluding tert-OH is 1. The summed E-state index contributed by atoms with van der Waals surface area (Å²) in [6, 6.07) is 12.8. The van der Waals surface area contributed by atoms with E-state index in [4.69, 9.17) is 4.74 Å². The second kappa shape index (κ2) is 9.41. The molecule has 1 unspecified atom stereocenters. The van der Waals surface area contributed by atoms with E-state index < -0.39 is 16.7 Å². The second-order valence-corrected chi connectivity index (χ2v) is 8.17. The van der Waals surface area contributed by atoms with Crippen molar-refractivity contribution in [2.75, 3.05) is 26.8 Å². The Hall–Kier alpha value is -3.72. The van der Waals surface area contributed by atoms with Gasteiger partial charge in [-0.05, 0) is 42.5 Å². The number of nitro groups is 1. The molecule has 0 aliphatic carbocycles. The molecule has 2 heterocycles. The van der Waals surface area contributed by atoms with Gasteiger partial charge >= 0.3 is 0 Å². The molecule has 1 saturated heterocycles. The molecule has 2 aliphatic heterocycles. The van der Waals surface area contributed by atoms with Crippen molar-refractivity contribution in [3.05, 3.63) is 75.5 Å². The van der Waals surface area contributed by atoms with Crippen LogP contribution in [0.2, 0.25) is 0 Å². The normalized spacial score (nSPS) is 18.8. The highest BCUT2D eigenvalue weighted by Gasteiger charge is 2.42. The molecular weight excluding hydrogens is 426 g/mol. The number of hydrogen-bond acceptors (Lipinski definition) is 7. The summed E-state index contributed by atoms with van der Waals surface area (Å²) in [5, 5.41) is 20.7. The van der Waals surface area contributed by atoms with Gasteiger partial charge in [-0.2, -0.15) is 0 Å². The Morgan fingerprint density at radius 1 is 1.12 bits per heavy atom. The number of ether oxygens (including phenoxy) is 1. The largest absolute Gasteiger partial charge is 0.496 e. The number of rotatable bonds is 7. The first kappa shape index (κ1) is 22.5. The number of benzene rings is 2. The third-order valence-corrected chi connectivity index (χ3v) is 6.12. The van der Waals surface area contributed by atoms with Crippen LogP contribution in [-0.2, 0) is 16.1 Å². The summed E-state index contributed by atoms with van der Waals surface area (Å²) in [7, 11) is 1.53. The average molecular weight is 451 g/mol. The number of piperidine rings is 1. The lowest BCUT2D eigenvalue weighted by atomic mass is 9.97. The van der Waals surface area contributed by atoms with Crippen molar-refractivity contribution in [1.29, 1.82) is 0 Å². The van der Waals surface area contributed by atoms with Gasteiger partial charge in [-0.1, -0.05) is 18.2 Å². The van der Waals surface area contributed by atoms with Crippen LogP contribution in [0.15, 0.2) is 54.2 Å². The van der Waals surface area contributed by atoms with Crippen LogP contribution in [0.3, 0.4) is 0 Å². The number of nitro benzene ring substituents is 1. The van der Waals surface area contributed by atoms with Crippen molar-refractivity contribution in [2.45, 2.75) is 19.4 Å². The van der Waals surface area contributed by atoms with Crippen LogP contribution in [-0.4, -0.2) is 58.5 Å². The third kappa shape index (κ3) is 4.31. The molecule has 9 heteroatoms. The number of methoxy groups -OCH3 is 1. The van der Waals surface area contributed by atoms with E-state index in [1.54, 1.807) is 12.1 Å². The zero-order valence-electron chi connectivity index (χ0n) is 18.3. The Bertz CT molecular complexity index is 1110. The standard InChI is InChI=1S/C24H25N3O6/c1-33-20-7-3-2-6-18(20)14-26-23(29)21(17-8-10-19(11-9-17)27(31)32)22(24(26)30)25-12-4-5-16(13-25)15-28/h2-3,6-11,16,28H,4-5,12-15H2,1H3. The first-order valence-electron chi connectivity index (χ1n) is 10.8. The van der Waals surface area contributed by atoms with Gasteiger partial charge in [0.25, 0.3) is 17.5 Å². The first-order valence-corrected chi connectivity index (χ1v) is 10.8. The first-order chi connectivity index (χ1) is 15.9. The van der Waals surface area contributed by atoms with Crippen LogP contribution in [0.5, 0.6) is 5.75 Å². The summed E-state index contributed by atoms with van der Waals surface area (Å²) in [5.74, 6) is -0.295. The van der Waals surface area contributed by atoms with E-state index in [1.807, 2.05) is 17.0 Å². The Morgan fingerprint density at radius 2 is 1.85 bits per heavy atom. The quantitative estimate of drug-likeness (QED) is 0.391. The Labute approximate surface area is 191 Å². The smallest absolute Gasteiger partial charge is 0.278 e. The topological polar surface area (TPSA) is 113 Å². The van der Waals surface area contributed by atoms with E-state index in [0.717, 1.165) is 12.8 Å². The van der Waals surface area contributed by atoms with Crippen molar-refractivity contribution < 1.29 is 24.4 Å². The van der Waals surface area contributed by atoms with Gasteiger partial charge in [-0.25, -0.2) is 0 Å². The molecule has 1 N–H and O–H groups in total. The zero-order valence-corrected chi connectivity index (χ0v) is 18.3. The maximum atomic E-state index is 13.6. The number of carbonyl (C=O) groups excluding carboxylic acids is 2. The molecule has 2 aliphatic rings. The molecule has 0 spiro atoms. The molecule has 4 rings (SSSR count). The Kier molecular flexibility index (Phi) is 6.41. The molecule has 0 bridgehead atoms. The monoisotopic (exact) mass is 451 g/mol. The predicted octanol–water partition coefficient (Wildman–Crippen LogP) is 2.59. The number of carbonyl (C=O) groups is 2. The third-order valence-electron chi connectivity index (χ3n) is 6.12. The van der Waals surface area contributed by atoms with Crippen molar-refractivity contribution in [3.63, 3.8) is 0 Å². The number of aliphatic hydroxyl groups is 1. The van der Waals surface area contributed by atoms with E-state index in [0.29, 0.717) is 30.0 Å². The van der Waals surface area contributed by atoms with E-state index in [-0.39, 0.29) is 36.0 Å². The van der Waals surface area contributed by atoms with Crippen LogP contribution in [0.4, 0.5) is 5.69 Å². The van der Waals surface area contributed by atoms with Gasteiger partial charge in [0.05, 0.1) is 24.2 Å². The highest BCUT2D eigenvalue weighted by Crippen LogP contribution is 2.36. The van der Waals surface area contributed by atoms with Gasteiger partial charge in [0, 0.05) is 37.4 Å². The molecular formula is C24H25N3O6. The number of hydrogen-bond donors (Lipinski definition) is 1. The molecule has 1 fully saturated rings. The van der Waals surface area contributed by atoms with Crippen molar-refractivity contribution in [2.24, 2.45) is 5.92 Å². The number of nitrogens with zero attached hydrogens (tertiary/aromatic N) is 3. The van der Waals surface area contributed by atoms with Gasteiger partial charge in [0.1, 0.15) is 11.4 Å². The molecule has 9 nitrogen and oxygen atoms in total. The van der Waals surface area contributed by atoms with Crippen LogP contribution in [0, 0.1) is 16.0 Å².